The van der Waals surface area contributed by atoms with E-state index in [-0.39, 0.29) is 24.6 Å². The van der Waals surface area contributed by atoms with E-state index in [1.807, 2.05) is 6.92 Å². The van der Waals surface area contributed by atoms with Crippen molar-refractivity contribution in [2.24, 2.45) is 0 Å². The number of nitrogens with zero attached hydrogens (tertiary/aromatic N) is 1. The Kier molecular flexibility index (Phi) is 3.88. The van der Waals surface area contributed by atoms with Crippen LogP contribution in [0.4, 0.5) is 0 Å². The Morgan fingerprint density at radius 2 is 2.00 bits per heavy atom. The fourth-order valence-electron chi connectivity index (χ4n) is 1.85. The Morgan fingerprint density at radius 1 is 1.37 bits per heavy atom. The third-order valence-electron chi connectivity index (χ3n) is 2.96. The summed E-state index contributed by atoms with van der Waals surface area (Å²) in [5, 5.41) is 8.88. The highest BCUT2D eigenvalue weighted by molar-refractivity contribution is 7.89. The van der Waals surface area contributed by atoms with E-state index in [4.69, 9.17) is 9.84 Å². The van der Waals surface area contributed by atoms with Gasteiger partial charge in [-0.2, -0.15) is 4.31 Å². The first kappa shape index (κ1) is 14.0. The van der Waals surface area contributed by atoms with Crippen LogP contribution in [0.1, 0.15) is 5.56 Å². The molecule has 19 heavy (non-hydrogen) atoms. The summed E-state index contributed by atoms with van der Waals surface area (Å²) in [6, 6.07) is 6.47. The van der Waals surface area contributed by atoms with Gasteiger partial charge in [0, 0.05) is 6.54 Å². The minimum atomic E-state index is -3.66. The fraction of sp³-hybridized carbons (Fsp3) is 0.417. The molecule has 1 aromatic rings. The first-order valence-electron chi connectivity index (χ1n) is 5.82. The van der Waals surface area contributed by atoms with Crippen molar-refractivity contribution in [3.8, 4) is 0 Å². The van der Waals surface area contributed by atoms with Gasteiger partial charge < -0.3 is 9.84 Å². The zero-order chi connectivity index (χ0) is 14.0. The van der Waals surface area contributed by atoms with Crippen LogP contribution in [0.25, 0.3) is 0 Å². The molecule has 7 heteroatoms. The molecule has 1 atom stereocenters. The van der Waals surface area contributed by atoms with Crippen LogP contribution in [0.5, 0.6) is 0 Å². The maximum absolute atomic E-state index is 12.3. The van der Waals surface area contributed by atoms with E-state index in [0.29, 0.717) is 0 Å². The van der Waals surface area contributed by atoms with Crippen LogP contribution >= 0.6 is 0 Å². The zero-order valence-corrected chi connectivity index (χ0v) is 11.3. The van der Waals surface area contributed by atoms with Gasteiger partial charge in [-0.3, -0.25) is 0 Å². The van der Waals surface area contributed by atoms with E-state index in [0.717, 1.165) is 9.87 Å². The molecule has 0 bridgehead atoms. The number of rotatable bonds is 3. The Balaban J connectivity index is 2.24. The van der Waals surface area contributed by atoms with Gasteiger partial charge in [0.2, 0.25) is 10.0 Å². The molecular formula is C12H15NO5S. The summed E-state index contributed by atoms with van der Waals surface area (Å²) in [6.45, 7) is 1.96. The number of hydrogen-bond acceptors (Lipinski definition) is 4. The first-order valence-corrected chi connectivity index (χ1v) is 7.26. The number of carboxylic acid groups (broad SMARTS) is 1. The molecule has 0 amide bonds. The molecule has 6 nitrogen and oxygen atoms in total. The molecule has 1 fully saturated rings. The van der Waals surface area contributed by atoms with E-state index >= 15 is 0 Å². The van der Waals surface area contributed by atoms with Gasteiger partial charge in [-0.15, -0.1) is 0 Å². The van der Waals surface area contributed by atoms with Crippen LogP contribution in [-0.4, -0.2) is 49.6 Å². The molecular weight excluding hydrogens is 270 g/mol. The fourth-order valence-corrected chi connectivity index (χ4v) is 3.28. The van der Waals surface area contributed by atoms with Crippen molar-refractivity contribution >= 4 is 16.0 Å². The largest absolute Gasteiger partial charge is 0.479 e. The van der Waals surface area contributed by atoms with Gasteiger partial charge in [0.15, 0.2) is 6.10 Å². The van der Waals surface area contributed by atoms with Crippen molar-refractivity contribution < 1.29 is 23.1 Å². The maximum atomic E-state index is 12.3. The van der Waals surface area contributed by atoms with Crippen LogP contribution in [0.2, 0.25) is 0 Å². The summed E-state index contributed by atoms with van der Waals surface area (Å²) in [5.41, 5.74) is 0.962. The molecule has 1 heterocycles. The molecule has 0 spiro atoms. The lowest BCUT2D eigenvalue weighted by atomic mass is 10.2. The number of aliphatic carboxylic acids is 1. The van der Waals surface area contributed by atoms with Gasteiger partial charge in [0.1, 0.15) is 0 Å². The van der Waals surface area contributed by atoms with Crippen LogP contribution in [-0.2, 0) is 19.6 Å². The van der Waals surface area contributed by atoms with E-state index in [2.05, 4.69) is 0 Å². The highest BCUT2D eigenvalue weighted by atomic mass is 32.2. The van der Waals surface area contributed by atoms with Crippen molar-refractivity contribution in [1.82, 2.24) is 4.31 Å². The van der Waals surface area contributed by atoms with Crippen LogP contribution in [0.3, 0.4) is 0 Å². The third kappa shape index (κ3) is 2.94. The molecule has 2 rings (SSSR count). The smallest absolute Gasteiger partial charge is 0.334 e. The predicted octanol–water partition coefficient (Wildman–Crippen LogP) is 0.469. The van der Waals surface area contributed by atoms with Crippen LogP contribution < -0.4 is 0 Å². The van der Waals surface area contributed by atoms with Gasteiger partial charge in [-0.05, 0) is 19.1 Å². The van der Waals surface area contributed by atoms with Gasteiger partial charge in [-0.1, -0.05) is 17.7 Å². The molecule has 0 aromatic heterocycles. The van der Waals surface area contributed by atoms with Crippen LogP contribution in [0, 0.1) is 6.92 Å². The minimum Gasteiger partial charge on any atom is -0.479 e. The van der Waals surface area contributed by atoms with E-state index < -0.39 is 22.1 Å². The molecule has 0 aliphatic carbocycles. The van der Waals surface area contributed by atoms with Crippen molar-refractivity contribution in [3.63, 3.8) is 0 Å². The average molecular weight is 285 g/mol. The number of carbonyl (C=O) groups is 1. The molecule has 1 aliphatic rings. The maximum Gasteiger partial charge on any atom is 0.334 e. The van der Waals surface area contributed by atoms with Crippen molar-refractivity contribution in [2.45, 2.75) is 17.9 Å². The number of ether oxygens (including phenoxy) is 1. The quantitative estimate of drug-likeness (QED) is 0.872. The second-order valence-electron chi connectivity index (χ2n) is 4.37. The lowest BCUT2D eigenvalue weighted by Gasteiger charge is -2.30. The Labute approximate surface area is 111 Å². The minimum absolute atomic E-state index is 0.0854. The number of sulfonamides is 1. The molecule has 1 unspecified atom stereocenters. The summed E-state index contributed by atoms with van der Waals surface area (Å²) in [4.78, 5) is 11.0. The van der Waals surface area contributed by atoms with Gasteiger partial charge in [0.25, 0.3) is 0 Å². The SMILES string of the molecule is Cc1ccc(S(=O)(=O)N2CCOC(C(=O)O)C2)cc1. The normalized spacial score (nSPS) is 21.2. The van der Waals surface area contributed by atoms with Crippen LogP contribution in [0.15, 0.2) is 29.2 Å². The Morgan fingerprint density at radius 3 is 2.58 bits per heavy atom. The number of morpholine rings is 1. The second kappa shape index (κ2) is 5.28. The van der Waals surface area contributed by atoms with Crippen molar-refractivity contribution in [1.29, 1.82) is 0 Å². The molecule has 1 aromatic carbocycles. The van der Waals surface area contributed by atoms with Gasteiger partial charge in [-0.25, -0.2) is 13.2 Å². The predicted molar refractivity (Wildman–Crippen MR) is 67.3 cm³/mol. The zero-order valence-electron chi connectivity index (χ0n) is 10.4. The summed E-state index contributed by atoms with van der Waals surface area (Å²) in [7, 11) is -3.66. The second-order valence-corrected chi connectivity index (χ2v) is 6.31. The van der Waals surface area contributed by atoms with E-state index in [9.17, 15) is 13.2 Å². The summed E-state index contributed by atoms with van der Waals surface area (Å²) in [5.74, 6) is -1.15. The van der Waals surface area contributed by atoms with Crippen molar-refractivity contribution in [3.05, 3.63) is 29.8 Å². The lowest BCUT2D eigenvalue weighted by Crippen LogP contribution is -2.48. The first-order chi connectivity index (χ1) is 8.91. The van der Waals surface area contributed by atoms with E-state index in [1.54, 1.807) is 12.1 Å². The monoisotopic (exact) mass is 285 g/mol. The number of aryl methyl sites for hydroxylation is 1. The Hall–Kier alpha value is -1.44. The average Bonchev–Trinajstić information content (AvgIpc) is 2.39. The summed E-state index contributed by atoms with van der Waals surface area (Å²) < 4.78 is 30.9. The van der Waals surface area contributed by atoms with Gasteiger partial charge in [0.05, 0.1) is 18.0 Å². The lowest BCUT2D eigenvalue weighted by molar-refractivity contribution is -0.153. The molecule has 104 valence electrons. The Bertz CT molecular complexity index is 566. The standard InChI is InChI=1S/C12H15NO5S/c1-9-2-4-10(5-3-9)19(16,17)13-6-7-18-11(8-13)12(14)15/h2-5,11H,6-8H2,1H3,(H,14,15). The van der Waals surface area contributed by atoms with E-state index in [1.165, 1.54) is 12.1 Å². The highest BCUT2D eigenvalue weighted by Gasteiger charge is 2.33. The molecule has 0 radical (unpaired) electrons. The van der Waals surface area contributed by atoms with Gasteiger partial charge >= 0.3 is 5.97 Å². The molecule has 1 saturated heterocycles. The molecule has 1 N–H and O–H groups in total. The third-order valence-corrected chi connectivity index (χ3v) is 4.84. The number of carboxylic acids is 1. The summed E-state index contributed by atoms with van der Waals surface area (Å²) >= 11 is 0. The molecule has 0 saturated carbocycles. The number of hydrogen-bond donors (Lipinski definition) is 1. The topological polar surface area (TPSA) is 83.9 Å². The number of benzene rings is 1. The molecule has 1 aliphatic heterocycles. The highest BCUT2D eigenvalue weighted by Crippen LogP contribution is 2.19. The van der Waals surface area contributed by atoms with Crippen molar-refractivity contribution in [2.75, 3.05) is 19.7 Å². The summed E-state index contributed by atoms with van der Waals surface area (Å²) in [6.07, 6.45) is -1.10.